The van der Waals surface area contributed by atoms with Crippen LogP contribution in [-0.2, 0) is 14.3 Å². The number of hydrogen-bond acceptors (Lipinski definition) is 4. The molecule has 0 unspecified atom stereocenters. The van der Waals surface area contributed by atoms with E-state index in [1.807, 2.05) is 36.4 Å². The number of nitrogens with zero attached hydrogens (tertiary/aromatic N) is 1. The molecule has 4 rings (SSSR count). The minimum absolute atomic E-state index is 0.0658. The molecule has 31 heavy (non-hydrogen) atoms. The first-order valence-electron chi connectivity index (χ1n) is 10.7. The molecule has 1 fully saturated rings. The number of ether oxygens (including phenoxy) is 1. The summed E-state index contributed by atoms with van der Waals surface area (Å²) in [6.07, 6.45) is 0.756. The van der Waals surface area contributed by atoms with E-state index in [4.69, 9.17) is 4.74 Å². The summed E-state index contributed by atoms with van der Waals surface area (Å²) in [5, 5.41) is 12.0. The van der Waals surface area contributed by atoms with Crippen LogP contribution in [0.5, 0.6) is 0 Å². The van der Waals surface area contributed by atoms with Crippen LogP contribution in [0.2, 0.25) is 0 Å². The number of rotatable bonds is 6. The number of alkyl carbamates (subject to hydrolysis) is 1. The van der Waals surface area contributed by atoms with E-state index in [1.54, 1.807) is 6.92 Å². The van der Waals surface area contributed by atoms with Gasteiger partial charge in [0.1, 0.15) is 18.7 Å². The van der Waals surface area contributed by atoms with Crippen molar-refractivity contribution in [3.63, 3.8) is 0 Å². The van der Waals surface area contributed by atoms with E-state index >= 15 is 0 Å². The van der Waals surface area contributed by atoms with Crippen molar-refractivity contribution in [3.8, 4) is 11.1 Å². The summed E-state index contributed by atoms with van der Waals surface area (Å²) in [6, 6.07) is 14.5. The van der Waals surface area contributed by atoms with Crippen LogP contribution in [0.1, 0.15) is 43.2 Å². The van der Waals surface area contributed by atoms with Gasteiger partial charge in [0.25, 0.3) is 0 Å². The van der Waals surface area contributed by atoms with Crippen molar-refractivity contribution in [1.29, 1.82) is 0 Å². The molecule has 1 aliphatic carbocycles. The van der Waals surface area contributed by atoms with Crippen molar-refractivity contribution in [2.75, 3.05) is 13.2 Å². The predicted octanol–water partition coefficient (Wildman–Crippen LogP) is 3.38. The number of fused-ring (bicyclic) bond motifs is 3. The average molecular weight is 422 g/mol. The standard InChI is InChI=1S/C24H26N2O5/c1-2-20(22(27)26-13-7-12-21(26)23(28)29)25-24(30)31-14-19-17-10-5-3-8-15(17)16-9-4-6-11-18(16)19/h3-6,8-11,19-21H,2,7,12-14H2,1H3,(H,25,30)(H,28,29)/t20-,21-/m1/s1. The monoisotopic (exact) mass is 422 g/mol. The molecule has 7 nitrogen and oxygen atoms in total. The van der Waals surface area contributed by atoms with Gasteiger partial charge in [0, 0.05) is 12.5 Å². The summed E-state index contributed by atoms with van der Waals surface area (Å²) in [4.78, 5) is 38.1. The third-order valence-electron chi connectivity index (χ3n) is 6.16. The second-order valence-corrected chi connectivity index (χ2v) is 7.96. The van der Waals surface area contributed by atoms with E-state index < -0.39 is 24.1 Å². The molecule has 2 aromatic carbocycles. The number of carboxylic acid groups (broad SMARTS) is 1. The Morgan fingerprint density at radius 3 is 2.29 bits per heavy atom. The highest BCUT2D eigenvalue weighted by Gasteiger charge is 2.37. The second kappa shape index (κ2) is 8.79. The molecule has 2 amide bonds. The zero-order valence-corrected chi connectivity index (χ0v) is 17.4. The lowest BCUT2D eigenvalue weighted by molar-refractivity contribution is -0.149. The summed E-state index contributed by atoms with van der Waals surface area (Å²) in [5.74, 6) is -1.45. The van der Waals surface area contributed by atoms with Gasteiger partial charge >= 0.3 is 12.1 Å². The minimum Gasteiger partial charge on any atom is -0.480 e. The number of hydrogen-bond donors (Lipinski definition) is 2. The quantitative estimate of drug-likeness (QED) is 0.744. The Balaban J connectivity index is 1.41. The lowest BCUT2D eigenvalue weighted by Crippen LogP contribution is -2.51. The Labute approximate surface area is 181 Å². The SMILES string of the molecule is CC[C@@H](NC(=O)OCC1c2ccccc2-c2ccccc21)C(=O)N1CCC[C@@H]1C(=O)O. The van der Waals surface area contributed by atoms with Crippen molar-refractivity contribution in [1.82, 2.24) is 10.2 Å². The number of aliphatic carboxylic acids is 1. The molecule has 162 valence electrons. The molecule has 7 heteroatoms. The summed E-state index contributed by atoms with van der Waals surface area (Å²) in [5.41, 5.74) is 4.51. The Morgan fingerprint density at radius 1 is 1.10 bits per heavy atom. The van der Waals surface area contributed by atoms with Gasteiger partial charge in [-0.1, -0.05) is 55.5 Å². The average Bonchev–Trinajstić information content (AvgIpc) is 3.39. The number of carbonyl (C=O) groups is 3. The van der Waals surface area contributed by atoms with Crippen LogP contribution in [-0.4, -0.2) is 53.2 Å². The first-order valence-corrected chi connectivity index (χ1v) is 10.7. The van der Waals surface area contributed by atoms with Crippen molar-refractivity contribution >= 4 is 18.0 Å². The molecule has 0 saturated carbocycles. The molecular formula is C24H26N2O5. The van der Waals surface area contributed by atoms with Gasteiger partial charge in [-0.3, -0.25) is 4.79 Å². The number of nitrogens with one attached hydrogen (secondary N) is 1. The number of carbonyl (C=O) groups excluding carboxylic acids is 2. The minimum atomic E-state index is -1.01. The molecule has 0 spiro atoms. The van der Waals surface area contributed by atoms with Crippen molar-refractivity contribution in [3.05, 3.63) is 59.7 Å². The van der Waals surface area contributed by atoms with Crippen LogP contribution in [0.3, 0.4) is 0 Å². The van der Waals surface area contributed by atoms with Crippen molar-refractivity contribution in [2.45, 2.75) is 44.2 Å². The zero-order valence-electron chi connectivity index (χ0n) is 17.4. The van der Waals surface area contributed by atoms with Gasteiger partial charge in [-0.15, -0.1) is 0 Å². The van der Waals surface area contributed by atoms with Gasteiger partial charge in [-0.25, -0.2) is 9.59 Å². The maximum Gasteiger partial charge on any atom is 0.407 e. The molecule has 1 saturated heterocycles. The van der Waals surface area contributed by atoms with Gasteiger partial charge in [0.15, 0.2) is 0 Å². The van der Waals surface area contributed by atoms with Gasteiger partial charge in [-0.05, 0) is 41.5 Å². The number of carboxylic acids is 1. The van der Waals surface area contributed by atoms with Crippen LogP contribution >= 0.6 is 0 Å². The summed E-state index contributed by atoms with van der Waals surface area (Å²) in [7, 11) is 0. The van der Waals surface area contributed by atoms with E-state index in [9.17, 15) is 19.5 Å². The largest absolute Gasteiger partial charge is 0.480 e. The van der Waals surface area contributed by atoms with Crippen LogP contribution in [0, 0.1) is 0 Å². The molecule has 2 aromatic rings. The molecule has 2 N–H and O–H groups in total. The lowest BCUT2D eigenvalue weighted by atomic mass is 9.98. The van der Waals surface area contributed by atoms with Gasteiger partial charge < -0.3 is 20.1 Å². The van der Waals surface area contributed by atoms with E-state index in [2.05, 4.69) is 17.4 Å². The molecule has 0 bridgehead atoms. The maximum atomic E-state index is 12.8. The van der Waals surface area contributed by atoms with Crippen LogP contribution in [0.25, 0.3) is 11.1 Å². The predicted molar refractivity (Wildman–Crippen MR) is 115 cm³/mol. The third kappa shape index (κ3) is 4.00. The molecule has 0 aromatic heterocycles. The highest BCUT2D eigenvalue weighted by molar-refractivity contribution is 5.89. The smallest absolute Gasteiger partial charge is 0.407 e. The van der Waals surface area contributed by atoms with Gasteiger partial charge in [-0.2, -0.15) is 0 Å². The Kier molecular flexibility index (Phi) is 5.93. The molecule has 1 aliphatic heterocycles. The summed E-state index contributed by atoms with van der Waals surface area (Å²) in [6.45, 7) is 2.32. The first-order chi connectivity index (χ1) is 15.0. The molecule has 0 radical (unpaired) electrons. The van der Waals surface area contributed by atoms with E-state index in [0.29, 0.717) is 25.8 Å². The molecule has 1 heterocycles. The fraction of sp³-hybridized carbons (Fsp3) is 0.375. The van der Waals surface area contributed by atoms with Gasteiger partial charge in [0.2, 0.25) is 5.91 Å². The van der Waals surface area contributed by atoms with E-state index in [0.717, 1.165) is 22.3 Å². The van der Waals surface area contributed by atoms with Crippen LogP contribution in [0.4, 0.5) is 4.79 Å². The molecular weight excluding hydrogens is 396 g/mol. The van der Waals surface area contributed by atoms with Crippen molar-refractivity contribution < 1.29 is 24.2 Å². The lowest BCUT2D eigenvalue weighted by Gasteiger charge is -2.26. The van der Waals surface area contributed by atoms with Crippen LogP contribution < -0.4 is 5.32 Å². The highest BCUT2D eigenvalue weighted by atomic mass is 16.5. The third-order valence-corrected chi connectivity index (χ3v) is 6.16. The summed E-state index contributed by atoms with van der Waals surface area (Å²) < 4.78 is 5.52. The normalized spacial score (nSPS) is 18.2. The second-order valence-electron chi connectivity index (χ2n) is 7.96. The zero-order chi connectivity index (χ0) is 22.0. The number of likely N-dealkylation sites (tertiary alicyclic amines) is 1. The topological polar surface area (TPSA) is 95.9 Å². The Hall–Kier alpha value is -3.35. The number of benzene rings is 2. The first kappa shape index (κ1) is 20.9. The number of amides is 2. The van der Waals surface area contributed by atoms with E-state index in [1.165, 1.54) is 4.90 Å². The molecule has 2 aliphatic rings. The fourth-order valence-corrected chi connectivity index (χ4v) is 4.61. The Morgan fingerprint density at radius 2 is 1.71 bits per heavy atom. The van der Waals surface area contributed by atoms with Crippen LogP contribution in [0.15, 0.2) is 48.5 Å². The van der Waals surface area contributed by atoms with E-state index in [-0.39, 0.29) is 18.4 Å². The summed E-state index contributed by atoms with van der Waals surface area (Å²) >= 11 is 0. The van der Waals surface area contributed by atoms with Gasteiger partial charge in [0.05, 0.1) is 0 Å². The highest BCUT2D eigenvalue weighted by Crippen LogP contribution is 2.44. The maximum absolute atomic E-state index is 12.8. The molecule has 2 atom stereocenters. The Bertz CT molecular complexity index is 959. The van der Waals surface area contributed by atoms with Crippen molar-refractivity contribution in [2.24, 2.45) is 0 Å². The fourth-order valence-electron chi connectivity index (χ4n) is 4.61.